The van der Waals surface area contributed by atoms with Gasteiger partial charge in [0.1, 0.15) is 0 Å². The molecule has 0 amide bonds. The van der Waals surface area contributed by atoms with E-state index in [1.807, 2.05) is 27.7 Å². The van der Waals surface area contributed by atoms with E-state index >= 15 is 0 Å². The molecule has 0 aromatic heterocycles. The molecule has 0 aliphatic rings. The van der Waals surface area contributed by atoms with Gasteiger partial charge in [-0.1, -0.05) is 39.8 Å². The maximum atomic E-state index is 12.0. The van der Waals surface area contributed by atoms with Gasteiger partial charge in [0.25, 0.3) is 0 Å². The van der Waals surface area contributed by atoms with Gasteiger partial charge in [-0.15, -0.1) is 0 Å². The van der Waals surface area contributed by atoms with Crippen LogP contribution in [0.3, 0.4) is 0 Å². The average Bonchev–Trinajstić information content (AvgIpc) is 2.42. The van der Waals surface area contributed by atoms with Gasteiger partial charge >= 0.3 is 11.9 Å². The first-order valence-corrected chi connectivity index (χ1v) is 6.85. The Balaban J connectivity index is 0.00000400. The van der Waals surface area contributed by atoms with E-state index in [2.05, 4.69) is 0 Å². The molecule has 0 bridgehead atoms. The molecule has 0 fully saturated rings. The summed E-state index contributed by atoms with van der Waals surface area (Å²) in [7, 11) is 0. The Hall–Kier alpha value is -1.13. The Morgan fingerprint density at radius 1 is 0.857 bits per heavy atom. The second kappa shape index (κ2) is 9.75. The van der Waals surface area contributed by atoms with Crippen molar-refractivity contribution in [3.8, 4) is 0 Å². The van der Waals surface area contributed by atoms with E-state index in [0.29, 0.717) is 13.2 Å². The maximum absolute atomic E-state index is 12.0. The van der Waals surface area contributed by atoms with E-state index in [-0.39, 0.29) is 44.7 Å². The molecule has 0 radical (unpaired) electrons. The monoisotopic (exact) mass is 326 g/mol. The molecule has 0 aliphatic carbocycles. The summed E-state index contributed by atoms with van der Waals surface area (Å²) in [5, 5.41) is 0. The first kappa shape index (κ1) is 19.9. The van der Waals surface area contributed by atoms with Crippen LogP contribution >= 0.6 is 0 Å². The van der Waals surface area contributed by atoms with Gasteiger partial charge in [0.15, 0.2) is 0 Å². The van der Waals surface area contributed by atoms with Crippen molar-refractivity contribution in [1.29, 1.82) is 0 Å². The summed E-state index contributed by atoms with van der Waals surface area (Å²) in [6.45, 7) is 8.47. The number of carbonyl (C=O) groups excluding carboxylic acids is 2. The van der Waals surface area contributed by atoms with Crippen LogP contribution in [0.25, 0.3) is 0 Å². The van der Waals surface area contributed by atoms with Gasteiger partial charge in [0.2, 0.25) is 0 Å². The van der Waals surface area contributed by atoms with Gasteiger partial charge in [-0.05, 0) is 24.0 Å². The number of hydrogen-bond acceptors (Lipinski definition) is 4. The fourth-order valence-electron chi connectivity index (χ4n) is 1.48. The predicted molar refractivity (Wildman–Crippen MR) is 76.7 cm³/mol. The minimum atomic E-state index is -0.490. The summed E-state index contributed by atoms with van der Waals surface area (Å²) < 4.78 is 10.3. The third kappa shape index (κ3) is 6.92. The fourth-order valence-corrected chi connectivity index (χ4v) is 1.48. The van der Waals surface area contributed by atoms with Crippen LogP contribution in [0, 0.1) is 11.8 Å². The summed E-state index contributed by atoms with van der Waals surface area (Å²) >= 11 is 0. The van der Waals surface area contributed by atoms with E-state index in [1.165, 1.54) is 0 Å². The molecule has 1 aromatic carbocycles. The largest absolute Gasteiger partial charge is 0.462 e. The number of ether oxygens (including phenoxy) is 2. The predicted octanol–water partition coefficient (Wildman–Crippen LogP) is 3.31. The van der Waals surface area contributed by atoms with E-state index in [1.54, 1.807) is 24.3 Å². The van der Waals surface area contributed by atoms with Gasteiger partial charge in [0.05, 0.1) is 24.3 Å². The third-order valence-electron chi connectivity index (χ3n) is 2.46. The molecule has 0 saturated heterocycles. The molecule has 1 rings (SSSR count). The van der Waals surface area contributed by atoms with Crippen molar-refractivity contribution in [3.05, 3.63) is 35.4 Å². The van der Waals surface area contributed by atoms with E-state index < -0.39 is 11.9 Å². The van der Waals surface area contributed by atoms with Gasteiger partial charge in [-0.25, -0.2) is 9.59 Å². The first-order chi connectivity index (χ1) is 9.41. The average molecular weight is 326 g/mol. The number of rotatable bonds is 6. The Morgan fingerprint density at radius 3 is 1.48 bits per heavy atom. The minimum Gasteiger partial charge on any atom is -0.462 e. The molecule has 0 spiro atoms. The Morgan fingerprint density at radius 2 is 1.19 bits per heavy atom. The minimum absolute atomic E-state index is 0. The van der Waals surface area contributed by atoms with Crippen molar-refractivity contribution < 1.29 is 40.8 Å². The van der Waals surface area contributed by atoms with Gasteiger partial charge < -0.3 is 9.47 Å². The molecule has 114 valence electrons. The second-order valence-electron chi connectivity index (χ2n) is 5.53. The van der Waals surface area contributed by atoms with Crippen molar-refractivity contribution in [3.63, 3.8) is 0 Å². The normalized spacial score (nSPS) is 10.2. The summed E-state index contributed by atoms with van der Waals surface area (Å²) in [5.41, 5.74) is 0.504. The molecule has 0 N–H and O–H groups in total. The molecular weight excluding hydrogens is 304 g/mol. The van der Waals surface area contributed by atoms with Crippen LogP contribution in [0.5, 0.6) is 0 Å². The van der Waals surface area contributed by atoms with Crippen LogP contribution in [-0.2, 0) is 31.2 Å². The Bertz CT molecular complexity index is 426. The topological polar surface area (TPSA) is 52.6 Å². The summed E-state index contributed by atoms with van der Waals surface area (Å²) in [4.78, 5) is 24.0. The maximum Gasteiger partial charge on any atom is 0.339 e. The fraction of sp³-hybridized carbons (Fsp3) is 0.500. The van der Waals surface area contributed by atoms with Crippen LogP contribution in [-0.4, -0.2) is 25.2 Å². The van der Waals surface area contributed by atoms with E-state index in [0.717, 1.165) is 0 Å². The molecule has 5 heteroatoms. The van der Waals surface area contributed by atoms with Crippen LogP contribution in [0.2, 0.25) is 0 Å². The van der Waals surface area contributed by atoms with E-state index in [4.69, 9.17) is 9.47 Å². The number of esters is 2. The number of hydrogen-bond donors (Lipinski definition) is 0. The van der Waals surface area contributed by atoms with Gasteiger partial charge in [0, 0.05) is 21.7 Å². The number of benzene rings is 1. The smallest absolute Gasteiger partial charge is 0.339 e. The van der Waals surface area contributed by atoms with Crippen LogP contribution in [0.1, 0.15) is 48.4 Å². The van der Waals surface area contributed by atoms with Crippen molar-refractivity contribution in [2.24, 2.45) is 11.8 Å². The number of carbonyl (C=O) groups is 2. The zero-order valence-corrected chi connectivity index (χ0v) is 14.6. The molecular formula is C16H22O4Ti. The zero-order valence-electron chi connectivity index (χ0n) is 13.0. The zero-order chi connectivity index (χ0) is 15.1. The summed E-state index contributed by atoms with van der Waals surface area (Å²) in [5.74, 6) is -0.482. The summed E-state index contributed by atoms with van der Waals surface area (Å²) in [6.07, 6.45) is 0. The van der Waals surface area contributed by atoms with Crippen molar-refractivity contribution in [1.82, 2.24) is 0 Å². The molecule has 0 unspecified atom stereocenters. The quantitative estimate of drug-likeness (QED) is 0.594. The molecule has 1 aromatic rings. The Kier molecular flexibility index (Phi) is 9.22. The molecule has 4 nitrogen and oxygen atoms in total. The molecule has 0 aliphatic heterocycles. The Labute approximate surface area is 141 Å². The van der Waals surface area contributed by atoms with Crippen LogP contribution in [0.4, 0.5) is 0 Å². The standard InChI is InChI=1S/C16H22O4.Ti/c1-11(2)9-19-15(17)13-7-5-6-8-14(13)16(18)20-10-12(3)4;/h5-8,11-12H,9-10H2,1-4H3;. The van der Waals surface area contributed by atoms with Crippen LogP contribution < -0.4 is 0 Å². The summed E-state index contributed by atoms with van der Waals surface area (Å²) in [6, 6.07) is 6.56. The van der Waals surface area contributed by atoms with Gasteiger partial charge in [-0.2, -0.15) is 0 Å². The van der Waals surface area contributed by atoms with Gasteiger partial charge in [-0.3, -0.25) is 0 Å². The molecule has 0 atom stereocenters. The van der Waals surface area contributed by atoms with Crippen molar-refractivity contribution in [2.75, 3.05) is 13.2 Å². The molecule has 0 heterocycles. The van der Waals surface area contributed by atoms with Crippen LogP contribution in [0.15, 0.2) is 24.3 Å². The SMILES string of the molecule is CC(C)COC(=O)c1ccccc1C(=O)OCC(C)C.[Ti]. The second-order valence-corrected chi connectivity index (χ2v) is 5.53. The first-order valence-electron chi connectivity index (χ1n) is 6.85. The third-order valence-corrected chi connectivity index (χ3v) is 2.46. The van der Waals surface area contributed by atoms with E-state index in [9.17, 15) is 9.59 Å². The molecule has 21 heavy (non-hydrogen) atoms. The molecule has 0 saturated carbocycles. The van der Waals surface area contributed by atoms with Crippen molar-refractivity contribution in [2.45, 2.75) is 27.7 Å². The van der Waals surface area contributed by atoms with Crippen molar-refractivity contribution >= 4 is 11.9 Å².